The van der Waals surface area contributed by atoms with Crippen LogP contribution in [0, 0.1) is 37.5 Å². The van der Waals surface area contributed by atoms with Crippen LogP contribution in [0.4, 0.5) is 0 Å². The first-order chi connectivity index (χ1) is 37.7. The minimum atomic E-state index is -2.88. The summed E-state index contributed by atoms with van der Waals surface area (Å²) in [6.45, 7) is 20.3. The fourth-order valence-electron chi connectivity index (χ4n) is 12.9. The van der Waals surface area contributed by atoms with Crippen LogP contribution in [0.1, 0.15) is 90.0 Å². The number of aryl methyl sites for hydroxylation is 2. The van der Waals surface area contributed by atoms with Crippen molar-refractivity contribution in [3.63, 3.8) is 0 Å². The molecule has 4 aromatic carbocycles. The summed E-state index contributed by atoms with van der Waals surface area (Å²) in [5.41, 5.74) is 7.06. The zero-order valence-corrected chi connectivity index (χ0v) is 49.0. The van der Waals surface area contributed by atoms with Crippen LogP contribution in [0.2, 0.25) is 10.1 Å². The standard InChI is InChI=1S/C68H78N4O4Si2/c1-49-25-21-37-61(69-49)63-39-23-27-55(71-63)47-73-65-43-51-41-53(45-75-77(67(3,4)5,57-29-13-9-14-30-57)58-31-15-10-16-32-58)54(46-76-78(68(6,7)8,59-33-17-11-18-34-59)60-35-19-12-20-36-60)42-52(51)44-66(65)74-48-56-28-24-40-64(72-56)62-38-22-26-50(2)70-62/h9-40,51-54,65-66H,41-48H2,1-8H3/t51-,52+,53-,54-,65-,66-/m0/s1. The van der Waals surface area contributed by atoms with Gasteiger partial charge in [0.25, 0.3) is 16.6 Å². The predicted molar refractivity (Wildman–Crippen MR) is 321 cm³/mol. The Bertz CT molecular complexity index is 2910. The van der Waals surface area contributed by atoms with Gasteiger partial charge in [-0.25, -0.2) is 9.97 Å². The molecule has 4 aromatic heterocycles. The van der Waals surface area contributed by atoms with E-state index < -0.39 is 16.6 Å². The molecule has 8 nitrogen and oxygen atoms in total. The Labute approximate surface area is 466 Å². The number of benzene rings is 4. The van der Waals surface area contributed by atoms with Gasteiger partial charge in [-0.05, 0) is 143 Å². The highest BCUT2D eigenvalue weighted by atomic mass is 28.4. The Morgan fingerprint density at radius 2 is 0.679 bits per heavy atom. The number of ether oxygens (including phenoxy) is 2. The largest absolute Gasteiger partial charge is 0.407 e. The van der Waals surface area contributed by atoms with Crippen molar-refractivity contribution in [3.8, 4) is 22.8 Å². The number of pyridine rings is 4. The molecular weight excluding hydrogens is 993 g/mol. The summed E-state index contributed by atoms with van der Waals surface area (Å²) >= 11 is 0. The van der Waals surface area contributed by atoms with E-state index in [2.05, 4.69) is 187 Å². The number of fused-ring (bicyclic) bond motifs is 1. The van der Waals surface area contributed by atoms with Crippen LogP contribution in [0.15, 0.2) is 194 Å². The monoisotopic (exact) mass is 1070 g/mol. The van der Waals surface area contributed by atoms with Gasteiger partial charge in [-0.2, -0.15) is 0 Å². The number of rotatable bonds is 18. The molecule has 0 saturated heterocycles. The molecule has 10 rings (SSSR count). The molecule has 2 aliphatic rings. The number of hydrogen-bond acceptors (Lipinski definition) is 8. The first-order valence-electron chi connectivity index (χ1n) is 28.2. The minimum Gasteiger partial charge on any atom is -0.407 e. The van der Waals surface area contributed by atoms with Crippen LogP contribution >= 0.6 is 0 Å². The number of nitrogens with zero attached hydrogens (tertiary/aromatic N) is 4. The van der Waals surface area contributed by atoms with Gasteiger partial charge < -0.3 is 18.3 Å². The van der Waals surface area contributed by atoms with Gasteiger partial charge >= 0.3 is 0 Å². The molecule has 2 saturated carbocycles. The lowest BCUT2D eigenvalue weighted by atomic mass is 9.62. The van der Waals surface area contributed by atoms with Gasteiger partial charge in [0.2, 0.25) is 0 Å². The maximum atomic E-state index is 7.94. The van der Waals surface area contributed by atoms with Gasteiger partial charge in [-0.1, -0.05) is 187 Å². The van der Waals surface area contributed by atoms with Crippen molar-refractivity contribution in [2.75, 3.05) is 13.2 Å². The summed E-state index contributed by atoms with van der Waals surface area (Å²) in [5.74, 6) is 1.23. The summed E-state index contributed by atoms with van der Waals surface area (Å²) in [6, 6.07) is 68.8. The smallest absolute Gasteiger partial charge is 0.261 e. The maximum Gasteiger partial charge on any atom is 0.261 e. The van der Waals surface area contributed by atoms with Crippen molar-refractivity contribution in [3.05, 3.63) is 217 Å². The lowest BCUT2D eigenvalue weighted by molar-refractivity contribution is -0.141. The van der Waals surface area contributed by atoms with E-state index in [9.17, 15) is 0 Å². The van der Waals surface area contributed by atoms with E-state index in [0.717, 1.165) is 71.2 Å². The molecule has 0 radical (unpaired) electrons. The number of aromatic nitrogens is 4. The van der Waals surface area contributed by atoms with E-state index in [1.165, 1.54) is 20.7 Å². The van der Waals surface area contributed by atoms with Crippen molar-refractivity contribution in [1.82, 2.24) is 19.9 Å². The van der Waals surface area contributed by atoms with Crippen LogP contribution in [-0.4, -0.2) is 62.0 Å². The second-order valence-electron chi connectivity index (χ2n) is 24.0. The average molecular weight is 1070 g/mol. The van der Waals surface area contributed by atoms with Crippen LogP contribution in [0.25, 0.3) is 22.8 Å². The molecule has 2 fully saturated rings. The minimum absolute atomic E-state index is 0.159. The molecule has 4 heterocycles. The Morgan fingerprint density at radius 3 is 0.987 bits per heavy atom. The molecular formula is C68H78N4O4Si2. The molecule has 8 aromatic rings. The molecule has 0 aliphatic heterocycles. The van der Waals surface area contributed by atoms with E-state index >= 15 is 0 Å². The fourth-order valence-corrected chi connectivity index (χ4v) is 22.2. The Morgan fingerprint density at radius 1 is 0.372 bits per heavy atom. The Hall–Kier alpha value is -6.25. The lowest BCUT2D eigenvalue weighted by Gasteiger charge is -2.50. The van der Waals surface area contributed by atoms with Crippen LogP contribution < -0.4 is 20.7 Å². The first-order valence-corrected chi connectivity index (χ1v) is 32.0. The molecule has 6 atom stereocenters. The summed E-state index contributed by atoms with van der Waals surface area (Å²) in [7, 11) is -5.76. The van der Waals surface area contributed by atoms with Gasteiger partial charge in [0.1, 0.15) is 0 Å². The molecule has 10 heteroatoms. The van der Waals surface area contributed by atoms with Gasteiger partial charge in [0, 0.05) is 24.6 Å². The molecule has 2 aliphatic carbocycles. The van der Waals surface area contributed by atoms with Crippen LogP contribution in [0.3, 0.4) is 0 Å². The molecule has 402 valence electrons. The molecule has 0 N–H and O–H groups in total. The lowest BCUT2D eigenvalue weighted by Crippen LogP contribution is -2.67. The van der Waals surface area contributed by atoms with Crippen molar-refractivity contribution < 1.29 is 18.3 Å². The topological polar surface area (TPSA) is 88.5 Å². The fraction of sp³-hybridized carbons (Fsp3) is 0.353. The zero-order chi connectivity index (χ0) is 54.3. The summed E-state index contributed by atoms with van der Waals surface area (Å²) < 4.78 is 30.1. The third-order valence-electron chi connectivity index (χ3n) is 16.7. The number of hydrogen-bond donors (Lipinski definition) is 0. The van der Waals surface area contributed by atoms with Crippen LogP contribution in [0.5, 0.6) is 0 Å². The molecule has 0 amide bonds. The van der Waals surface area contributed by atoms with Crippen LogP contribution in [-0.2, 0) is 31.5 Å². The Kier molecular flexibility index (Phi) is 17.0. The summed E-state index contributed by atoms with van der Waals surface area (Å²) in [6.07, 6.45) is 3.41. The van der Waals surface area contributed by atoms with Crippen molar-refractivity contribution in [1.29, 1.82) is 0 Å². The third-order valence-corrected chi connectivity index (χ3v) is 26.7. The average Bonchev–Trinajstić information content (AvgIpc) is 3.65. The van der Waals surface area contributed by atoms with E-state index in [-0.39, 0.29) is 34.1 Å². The SMILES string of the molecule is Cc1cccc(-c2cccc(CO[C@H]3C[C@H]4C[C@@H](CO[Si](c5ccccc5)(c5ccccc5)C(C)(C)C)[C@H](CO[Si](c5ccccc5)(c5ccccc5)C(C)(C)C)C[C@H]4C[C@@H]3OCc3cccc(-c4cccc(C)n4)n3)n2)n1. The second-order valence-corrected chi connectivity index (χ2v) is 32.6. The first kappa shape index (κ1) is 55.1. The molecule has 0 spiro atoms. The van der Waals surface area contributed by atoms with E-state index in [1.807, 2.05) is 62.4 Å². The van der Waals surface area contributed by atoms with Gasteiger partial charge in [-0.3, -0.25) is 9.97 Å². The van der Waals surface area contributed by atoms with E-state index in [0.29, 0.717) is 38.3 Å². The van der Waals surface area contributed by atoms with Gasteiger partial charge in [0.15, 0.2) is 0 Å². The zero-order valence-electron chi connectivity index (χ0n) is 47.0. The highest BCUT2D eigenvalue weighted by molar-refractivity contribution is 7.00. The molecule has 78 heavy (non-hydrogen) atoms. The summed E-state index contributed by atoms with van der Waals surface area (Å²) in [5, 5.41) is 4.88. The normalized spacial score (nSPS) is 20.0. The maximum absolute atomic E-state index is 7.94. The Balaban J connectivity index is 0.999. The van der Waals surface area contributed by atoms with E-state index in [4.69, 9.17) is 38.3 Å². The van der Waals surface area contributed by atoms with Crippen molar-refractivity contribution in [2.45, 2.75) is 117 Å². The highest BCUT2D eigenvalue weighted by Crippen LogP contribution is 2.49. The summed E-state index contributed by atoms with van der Waals surface area (Å²) in [4.78, 5) is 19.7. The third kappa shape index (κ3) is 12.0. The predicted octanol–water partition coefficient (Wildman–Crippen LogP) is 12.9. The quantitative estimate of drug-likeness (QED) is 0.0785. The van der Waals surface area contributed by atoms with Gasteiger partial charge in [-0.15, -0.1) is 0 Å². The molecule has 0 unspecified atom stereocenters. The van der Waals surface area contributed by atoms with Crippen molar-refractivity contribution in [2.24, 2.45) is 23.7 Å². The highest BCUT2D eigenvalue weighted by Gasteiger charge is 2.54. The van der Waals surface area contributed by atoms with Gasteiger partial charge in [0.05, 0.1) is 59.6 Å². The second kappa shape index (κ2) is 24.0. The molecule has 0 bridgehead atoms. The van der Waals surface area contributed by atoms with E-state index in [1.54, 1.807) is 0 Å². The van der Waals surface area contributed by atoms with Crippen molar-refractivity contribution >= 4 is 37.4 Å².